The maximum absolute atomic E-state index is 12.0. The fourth-order valence-corrected chi connectivity index (χ4v) is 2.91. The van der Waals surface area contributed by atoms with E-state index in [-0.39, 0.29) is 5.91 Å². The van der Waals surface area contributed by atoms with Crippen molar-refractivity contribution < 1.29 is 14.4 Å². The average molecular weight is 354 g/mol. The predicted octanol–water partition coefficient (Wildman–Crippen LogP) is 1.53. The summed E-state index contributed by atoms with van der Waals surface area (Å²) >= 11 is 3.38. The van der Waals surface area contributed by atoms with Crippen LogP contribution in [0.1, 0.15) is 36.0 Å². The molecular formula is C14H16BrN3O3. The average Bonchev–Trinajstić information content (AvgIpc) is 2.73. The molecule has 6 nitrogen and oxygen atoms in total. The van der Waals surface area contributed by atoms with Gasteiger partial charge in [-0.1, -0.05) is 12.5 Å². The Morgan fingerprint density at radius 2 is 2.00 bits per heavy atom. The number of anilines is 1. The number of nitrogens with two attached hydrogens (primary N) is 1. The Bertz CT molecular complexity index is 589. The summed E-state index contributed by atoms with van der Waals surface area (Å²) in [6.07, 6.45) is 2.56. The summed E-state index contributed by atoms with van der Waals surface area (Å²) in [5, 5.41) is 0. The zero-order chi connectivity index (χ0) is 15.4. The van der Waals surface area contributed by atoms with Gasteiger partial charge in [-0.2, -0.15) is 0 Å². The second-order valence-electron chi connectivity index (χ2n) is 4.80. The molecule has 0 saturated carbocycles. The maximum Gasteiger partial charge on any atom is 0.299 e. The molecule has 0 radical (unpaired) electrons. The van der Waals surface area contributed by atoms with Crippen LogP contribution in [0.15, 0.2) is 22.7 Å². The molecule has 0 fully saturated rings. The molecule has 1 heterocycles. The summed E-state index contributed by atoms with van der Waals surface area (Å²) in [5.41, 5.74) is 3.16. The van der Waals surface area contributed by atoms with Crippen molar-refractivity contribution in [3.05, 3.63) is 28.2 Å². The summed E-state index contributed by atoms with van der Waals surface area (Å²) in [7, 11) is 0. The first-order chi connectivity index (χ1) is 10.1. The molecule has 1 aromatic rings. The Kier molecular flexibility index (Phi) is 5.08. The normalized spacial score (nSPS) is 13.5. The number of unbranched alkanes of at least 4 members (excludes halogenated alkanes) is 2. The first-order valence-corrected chi connectivity index (χ1v) is 7.49. The van der Waals surface area contributed by atoms with Crippen molar-refractivity contribution >= 4 is 39.2 Å². The van der Waals surface area contributed by atoms with Crippen molar-refractivity contribution in [1.29, 1.82) is 0 Å². The van der Waals surface area contributed by atoms with E-state index < -0.39 is 11.7 Å². The number of Topliss-reactive ketones (excluding diaryl/α,β-unsaturated/α-hetero) is 1. The van der Waals surface area contributed by atoms with Crippen molar-refractivity contribution in [3.63, 3.8) is 0 Å². The van der Waals surface area contributed by atoms with Crippen LogP contribution in [-0.2, 0) is 9.59 Å². The molecule has 21 heavy (non-hydrogen) atoms. The number of nitrogens with one attached hydrogen (secondary N) is 1. The zero-order valence-electron chi connectivity index (χ0n) is 11.4. The predicted molar refractivity (Wildman–Crippen MR) is 81.6 cm³/mol. The van der Waals surface area contributed by atoms with Gasteiger partial charge in [0, 0.05) is 17.4 Å². The highest BCUT2D eigenvalue weighted by Gasteiger charge is 2.36. The molecule has 2 rings (SSSR count). The highest BCUT2D eigenvalue weighted by atomic mass is 79.9. The second kappa shape index (κ2) is 6.82. The van der Waals surface area contributed by atoms with E-state index in [1.807, 2.05) is 6.07 Å². The van der Waals surface area contributed by atoms with Crippen LogP contribution < -0.4 is 16.2 Å². The number of hydrogen-bond acceptors (Lipinski definition) is 4. The van der Waals surface area contributed by atoms with Crippen LogP contribution in [0.4, 0.5) is 5.69 Å². The van der Waals surface area contributed by atoms with Crippen LogP contribution in [0.25, 0.3) is 0 Å². The molecule has 0 atom stereocenters. The molecular weight excluding hydrogens is 338 g/mol. The molecule has 0 spiro atoms. The Balaban J connectivity index is 1.94. The minimum atomic E-state index is -0.489. The van der Waals surface area contributed by atoms with Crippen molar-refractivity contribution in [2.75, 3.05) is 11.4 Å². The number of hydrazine groups is 1. The highest BCUT2D eigenvalue weighted by Crippen LogP contribution is 2.36. The number of rotatable bonds is 6. The molecule has 1 aliphatic rings. The quantitative estimate of drug-likeness (QED) is 0.266. The lowest BCUT2D eigenvalue weighted by molar-refractivity contribution is -0.121. The summed E-state index contributed by atoms with van der Waals surface area (Å²) in [6, 6.07) is 5.21. The topological polar surface area (TPSA) is 92.5 Å². The van der Waals surface area contributed by atoms with Gasteiger partial charge in [0.05, 0.1) is 11.3 Å². The monoisotopic (exact) mass is 353 g/mol. The highest BCUT2D eigenvalue weighted by molar-refractivity contribution is 9.10. The molecule has 1 aromatic carbocycles. The number of amides is 2. The number of carbonyl (C=O) groups is 3. The number of hydrogen-bond donors (Lipinski definition) is 2. The third-order valence-electron chi connectivity index (χ3n) is 3.39. The van der Waals surface area contributed by atoms with E-state index in [0.29, 0.717) is 30.6 Å². The lowest BCUT2D eigenvalue weighted by Gasteiger charge is -2.17. The minimum Gasteiger partial charge on any atom is -0.304 e. The van der Waals surface area contributed by atoms with Crippen LogP contribution in [0.5, 0.6) is 0 Å². The van der Waals surface area contributed by atoms with Crippen LogP contribution >= 0.6 is 15.9 Å². The van der Waals surface area contributed by atoms with Gasteiger partial charge in [0.1, 0.15) is 0 Å². The number of para-hydroxylation sites is 1. The Morgan fingerprint density at radius 1 is 1.24 bits per heavy atom. The molecule has 0 saturated heterocycles. The third kappa shape index (κ3) is 3.30. The number of carbonyl (C=O) groups excluding carboxylic acids is 3. The van der Waals surface area contributed by atoms with E-state index in [4.69, 9.17) is 5.84 Å². The number of benzene rings is 1. The largest absolute Gasteiger partial charge is 0.304 e. The van der Waals surface area contributed by atoms with Gasteiger partial charge in [0.25, 0.3) is 11.7 Å². The molecule has 0 bridgehead atoms. The van der Waals surface area contributed by atoms with Gasteiger partial charge in [-0.25, -0.2) is 5.84 Å². The van der Waals surface area contributed by atoms with E-state index in [9.17, 15) is 14.4 Å². The van der Waals surface area contributed by atoms with Crippen LogP contribution in [-0.4, -0.2) is 24.1 Å². The molecule has 3 N–H and O–H groups in total. The lowest BCUT2D eigenvalue weighted by Crippen LogP contribution is -2.31. The maximum atomic E-state index is 12.0. The second-order valence-corrected chi connectivity index (χ2v) is 5.65. The lowest BCUT2D eigenvalue weighted by atomic mass is 10.1. The summed E-state index contributed by atoms with van der Waals surface area (Å²) in [6.45, 7) is 0.463. The first-order valence-electron chi connectivity index (χ1n) is 6.70. The summed E-state index contributed by atoms with van der Waals surface area (Å²) in [5.74, 6) is 3.84. The fourth-order valence-electron chi connectivity index (χ4n) is 2.33. The standard InChI is InChI=1S/C14H16BrN3O3/c15-10-6-4-5-9-12(10)18(14(21)13(9)20)8-3-1-2-7-11(19)17-16/h4-6H,1-3,7-8,16H2,(H,17,19). The SMILES string of the molecule is NNC(=O)CCCCCN1C(=O)C(=O)c2cccc(Br)c21. The van der Waals surface area contributed by atoms with E-state index in [0.717, 1.165) is 17.3 Å². The number of nitrogens with zero attached hydrogens (tertiary/aromatic N) is 1. The van der Waals surface area contributed by atoms with Gasteiger partial charge in [-0.3, -0.25) is 19.8 Å². The fraction of sp³-hybridized carbons (Fsp3) is 0.357. The molecule has 112 valence electrons. The third-order valence-corrected chi connectivity index (χ3v) is 4.03. The Morgan fingerprint density at radius 3 is 2.71 bits per heavy atom. The smallest absolute Gasteiger partial charge is 0.299 e. The van der Waals surface area contributed by atoms with Crippen molar-refractivity contribution in [2.45, 2.75) is 25.7 Å². The molecule has 7 heteroatoms. The molecule has 0 aromatic heterocycles. The van der Waals surface area contributed by atoms with Crippen molar-refractivity contribution in [1.82, 2.24) is 5.43 Å². The minimum absolute atomic E-state index is 0.199. The van der Waals surface area contributed by atoms with Crippen LogP contribution in [0, 0.1) is 0 Å². The van der Waals surface area contributed by atoms with Gasteiger partial charge in [0.2, 0.25) is 5.91 Å². The molecule has 1 aliphatic heterocycles. The number of ketones is 1. The van der Waals surface area contributed by atoms with Gasteiger partial charge >= 0.3 is 0 Å². The van der Waals surface area contributed by atoms with Crippen molar-refractivity contribution in [2.24, 2.45) is 5.84 Å². The van der Waals surface area contributed by atoms with Gasteiger partial charge in [-0.05, 0) is 40.9 Å². The van der Waals surface area contributed by atoms with Crippen molar-refractivity contribution in [3.8, 4) is 0 Å². The summed E-state index contributed by atoms with van der Waals surface area (Å²) in [4.78, 5) is 36.4. The van der Waals surface area contributed by atoms with E-state index in [1.165, 1.54) is 4.90 Å². The molecule has 0 unspecified atom stereocenters. The Labute approximate surface area is 130 Å². The zero-order valence-corrected chi connectivity index (χ0v) is 13.0. The number of halogens is 1. The number of fused-ring (bicyclic) bond motifs is 1. The molecule has 0 aliphatic carbocycles. The summed E-state index contributed by atoms with van der Waals surface area (Å²) < 4.78 is 0.738. The van der Waals surface area contributed by atoms with Gasteiger partial charge in [-0.15, -0.1) is 0 Å². The van der Waals surface area contributed by atoms with Gasteiger partial charge in [0.15, 0.2) is 0 Å². The van der Waals surface area contributed by atoms with E-state index in [1.54, 1.807) is 12.1 Å². The van der Waals surface area contributed by atoms with E-state index >= 15 is 0 Å². The van der Waals surface area contributed by atoms with Crippen LogP contribution in [0.2, 0.25) is 0 Å². The molecule has 2 amide bonds. The first kappa shape index (κ1) is 15.7. The van der Waals surface area contributed by atoms with Crippen LogP contribution in [0.3, 0.4) is 0 Å². The Hall–Kier alpha value is -1.73. The van der Waals surface area contributed by atoms with Gasteiger partial charge < -0.3 is 4.90 Å². The van der Waals surface area contributed by atoms with E-state index in [2.05, 4.69) is 21.4 Å².